The predicted octanol–water partition coefficient (Wildman–Crippen LogP) is 3.30. The average molecular weight is 333 g/mol. The maximum atomic E-state index is 11.8. The van der Waals surface area contributed by atoms with E-state index < -0.39 is 0 Å². The quantitative estimate of drug-likeness (QED) is 0.717. The minimum atomic E-state index is -0.146. The van der Waals surface area contributed by atoms with Crippen LogP contribution in [-0.4, -0.2) is 18.5 Å². The summed E-state index contributed by atoms with van der Waals surface area (Å²) in [6.07, 6.45) is 3.41. The van der Waals surface area contributed by atoms with Gasteiger partial charge < -0.3 is 10.6 Å². The molecular weight excluding hydrogens is 312 g/mol. The first-order chi connectivity index (χ1) is 8.63. The normalized spacial score (nSPS) is 12.4. The maximum absolute atomic E-state index is 11.8. The van der Waals surface area contributed by atoms with Gasteiger partial charge in [-0.3, -0.25) is 4.79 Å². The van der Waals surface area contributed by atoms with Gasteiger partial charge in [0.15, 0.2) is 0 Å². The molecule has 1 unspecified atom stereocenters. The summed E-state index contributed by atoms with van der Waals surface area (Å²) in [7, 11) is 0. The van der Waals surface area contributed by atoms with E-state index in [-0.39, 0.29) is 11.9 Å². The van der Waals surface area contributed by atoms with Crippen LogP contribution in [0.15, 0.2) is 15.9 Å². The average Bonchev–Trinajstić information content (AvgIpc) is 2.77. The zero-order chi connectivity index (χ0) is 13.4. The van der Waals surface area contributed by atoms with Crippen molar-refractivity contribution in [2.75, 3.05) is 6.54 Å². The first kappa shape index (κ1) is 15.7. The standard InChI is InChI=1S/C13H21BrN2OS/c1-3-4-5-6-15-13(17)10(2)16-8-12-7-11(14)9-18-12/h7,9-10,16H,3-6,8H2,1-2H3,(H,15,17). The second-order valence-corrected chi connectivity index (χ2v) is 6.24. The number of halogens is 1. The van der Waals surface area contributed by atoms with Crippen molar-refractivity contribution < 1.29 is 4.79 Å². The molecule has 0 saturated heterocycles. The molecule has 0 aliphatic heterocycles. The highest BCUT2D eigenvalue weighted by Crippen LogP contribution is 2.19. The minimum absolute atomic E-state index is 0.0849. The second kappa shape index (κ2) is 8.67. The smallest absolute Gasteiger partial charge is 0.236 e. The van der Waals surface area contributed by atoms with Gasteiger partial charge in [0.1, 0.15) is 0 Å². The van der Waals surface area contributed by atoms with Crippen molar-refractivity contribution in [2.24, 2.45) is 0 Å². The Morgan fingerprint density at radius 2 is 2.28 bits per heavy atom. The number of unbranched alkanes of at least 4 members (excludes halogenated alkanes) is 2. The largest absolute Gasteiger partial charge is 0.355 e. The number of hydrogen-bond acceptors (Lipinski definition) is 3. The number of amides is 1. The highest BCUT2D eigenvalue weighted by Gasteiger charge is 2.11. The molecule has 1 atom stereocenters. The molecule has 102 valence electrons. The van der Waals surface area contributed by atoms with Crippen molar-refractivity contribution in [3.63, 3.8) is 0 Å². The summed E-state index contributed by atoms with van der Waals surface area (Å²) in [6.45, 7) is 5.58. The summed E-state index contributed by atoms with van der Waals surface area (Å²) in [5, 5.41) is 8.23. The first-order valence-corrected chi connectivity index (χ1v) is 8.04. The summed E-state index contributed by atoms with van der Waals surface area (Å²) in [4.78, 5) is 13.0. The van der Waals surface area contributed by atoms with Crippen LogP contribution in [-0.2, 0) is 11.3 Å². The fourth-order valence-corrected chi connectivity index (χ4v) is 2.93. The molecule has 1 aromatic heterocycles. The van der Waals surface area contributed by atoms with Gasteiger partial charge >= 0.3 is 0 Å². The van der Waals surface area contributed by atoms with E-state index in [0.717, 1.165) is 24.0 Å². The van der Waals surface area contributed by atoms with E-state index in [9.17, 15) is 4.79 Å². The maximum Gasteiger partial charge on any atom is 0.236 e. The lowest BCUT2D eigenvalue weighted by Crippen LogP contribution is -2.42. The van der Waals surface area contributed by atoms with Gasteiger partial charge in [0.2, 0.25) is 5.91 Å². The third-order valence-electron chi connectivity index (χ3n) is 2.68. The van der Waals surface area contributed by atoms with E-state index in [1.54, 1.807) is 11.3 Å². The lowest BCUT2D eigenvalue weighted by Gasteiger charge is -2.13. The Bertz CT molecular complexity index is 368. The molecule has 1 heterocycles. The monoisotopic (exact) mass is 332 g/mol. The Labute approximate surface area is 121 Å². The Morgan fingerprint density at radius 1 is 1.50 bits per heavy atom. The van der Waals surface area contributed by atoms with Crippen LogP contribution in [0.2, 0.25) is 0 Å². The topological polar surface area (TPSA) is 41.1 Å². The summed E-state index contributed by atoms with van der Waals surface area (Å²) in [5.41, 5.74) is 0. The van der Waals surface area contributed by atoms with Crippen LogP contribution in [0.5, 0.6) is 0 Å². The number of hydrogen-bond donors (Lipinski definition) is 2. The SMILES string of the molecule is CCCCCNC(=O)C(C)NCc1cc(Br)cs1. The van der Waals surface area contributed by atoms with Gasteiger partial charge in [-0.25, -0.2) is 0 Å². The molecular formula is C13H21BrN2OS. The molecule has 0 aliphatic rings. The lowest BCUT2D eigenvalue weighted by atomic mass is 10.2. The van der Waals surface area contributed by atoms with Crippen LogP contribution in [0.4, 0.5) is 0 Å². The fourth-order valence-electron chi connectivity index (χ4n) is 1.53. The van der Waals surface area contributed by atoms with E-state index in [4.69, 9.17) is 0 Å². The molecule has 0 aliphatic carbocycles. The van der Waals surface area contributed by atoms with Gasteiger partial charge in [0.05, 0.1) is 6.04 Å². The van der Waals surface area contributed by atoms with Crippen molar-refractivity contribution >= 4 is 33.2 Å². The molecule has 2 N–H and O–H groups in total. The van der Waals surface area contributed by atoms with Crippen LogP contribution in [0.25, 0.3) is 0 Å². The molecule has 5 heteroatoms. The van der Waals surface area contributed by atoms with Crippen molar-refractivity contribution in [2.45, 2.75) is 45.7 Å². The van der Waals surface area contributed by atoms with E-state index in [1.807, 2.05) is 12.3 Å². The number of carbonyl (C=O) groups excluding carboxylic acids is 1. The van der Waals surface area contributed by atoms with E-state index in [0.29, 0.717) is 0 Å². The number of rotatable bonds is 8. The summed E-state index contributed by atoms with van der Waals surface area (Å²) < 4.78 is 1.10. The molecule has 0 aromatic carbocycles. The molecule has 18 heavy (non-hydrogen) atoms. The van der Waals surface area contributed by atoms with E-state index >= 15 is 0 Å². The fraction of sp³-hybridized carbons (Fsp3) is 0.615. The number of carbonyl (C=O) groups is 1. The molecule has 3 nitrogen and oxygen atoms in total. The molecule has 0 bridgehead atoms. The van der Waals surface area contributed by atoms with Crippen LogP contribution < -0.4 is 10.6 Å². The Kier molecular flexibility index (Phi) is 7.54. The minimum Gasteiger partial charge on any atom is -0.355 e. The highest BCUT2D eigenvalue weighted by atomic mass is 79.9. The zero-order valence-electron chi connectivity index (χ0n) is 11.0. The Morgan fingerprint density at radius 3 is 2.89 bits per heavy atom. The molecule has 0 radical (unpaired) electrons. The number of thiophene rings is 1. The predicted molar refractivity (Wildman–Crippen MR) is 80.9 cm³/mol. The summed E-state index contributed by atoms with van der Waals surface area (Å²) >= 11 is 5.11. The highest BCUT2D eigenvalue weighted by molar-refractivity contribution is 9.10. The number of nitrogens with one attached hydrogen (secondary N) is 2. The van der Waals surface area contributed by atoms with Crippen molar-refractivity contribution in [1.82, 2.24) is 10.6 Å². The van der Waals surface area contributed by atoms with E-state index in [1.165, 1.54) is 17.7 Å². The Hall–Kier alpha value is -0.390. The molecule has 1 amide bonds. The van der Waals surface area contributed by atoms with Crippen LogP contribution in [0.1, 0.15) is 38.0 Å². The molecule has 1 aromatic rings. The van der Waals surface area contributed by atoms with E-state index in [2.05, 4.69) is 39.6 Å². The lowest BCUT2D eigenvalue weighted by molar-refractivity contribution is -0.122. The third-order valence-corrected chi connectivity index (χ3v) is 4.37. The molecule has 0 spiro atoms. The second-order valence-electron chi connectivity index (χ2n) is 4.33. The van der Waals surface area contributed by atoms with Gasteiger partial charge in [-0.15, -0.1) is 11.3 Å². The molecule has 0 fully saturated rings. The Balaban J connectivity index is 2.19. The van der Waals surface area contributed by atoms with Gasteiger partial charge in [0, 0.05) is 27.8 Å². The first-order valence-electron chi connectivity index (χ1n) is 6.37. The third kappa shape index (κ3) is 5.98. The summed E-state index contributed by atoms with van der Waals surface area (Å²) in [6, 6.07) is 1.93. The van der Waals surface area contributed by atoms with Gasteiger partial charge in [-0.05, 0) is 35.3 Å². The van der Waals surface area contributed by atoms with Crippen molar-refractivity contribution in [3.05, 3.63) is 20.8 Å². The summed E-state index contributed by atoms with van der Waals surface area (Å²) in [5.74, 6) is 0.0849. The van der Waals surface area contributed by atoms with Crippen molar-refractivity contribution in [3.8, 4) is 0 Å². The van der Waals surface area contributed by atoms with Crippen LogP contribution >= 0.6 is 27.3 Å². The van der Waals surface area contributed by atoms with Crippen LogP contribution in [0, 0.1) is 0 Å². The zero-order valence-corrected chi connectivity index (χ0v) is 13.4. The van der Waals surface area contributed by atoms with Gasteiger partial charge in [-0.2, -0.15) is 0 Å². The van der Waals surface area contributed by atoms with Gasteiger partial charge in [0.25, 0.3) is 0 Å². The van der Waals surface area contributed by atoms with Crippen LogP contribution in [0.3, 0.4) is 0 Å². The molecule has 1 rings (SSSR count). The molecule has 0 saturated carbocycles. The van der Waals surface area contributed by atoms with Gasteiger partial charge in [-0.1, -0.05) is 19.8 Å². The van der Waals surface area contributed by atoms with Crippen molar-refractivity contribution in [1.29, 1.82) is 0 Å².